The Morgan fingerprint density at radius 2 is 2.14 bits per heavy atom. The second kappa shape index (κ2) is 6.40. The van der Waals surface area contributed by atoms with Crippen LogP contribution in [-0.2, 0) is 14.3 Å². The van der Waals surface area contributed by atoms with Gasteiger partial charge in [0.1, 0.15) is 4.83 Å². The largest absolute Gasteiger partial charge is 0.468 e. The summed E-state index contributed by atoms with van der Waals surface area (Å²) in [6.07, 6.45) is 5.18. The number of carbonyl (C=O) groups excluding carboxylic acids is 1. The number of methoxy groups -OCH3 is 1. The van der Waals surface area contributed by atoms with Crippen molar-refractivity contribution in [3.63, 3.8) is 0 Å². The molecule has 0 N–H and O–H groups in total. The Hall–Kier alpha value is -0.0900. The van der Waals surface area contributed by atoms with E-state index in [1.807, 2.05) is 0 Å². The molecule has 1 fully saturated rings. The van der Waals surface area contributed by atoms with Crippen LogP contribution >= 0.6 is 15.9 Å². The molecule has 0 aromatic rings. The van der Waals surface area contributed by atoms with E-state index >= 15 is 0 Å². The standard InChI is InChI=1S/C10H17BrO3/c1-13-10(12)9(11)7-14-6-8-4-2-3-5-8/h8-9H,2-7H2,1H3. The van der Waals surface area contributed by atoms with Crippen molar-refractivity contribution in [2.24, 2.45) is 5.92 Å². The Labute approximate surface area is 93.3 Å². The van der Waals surface area contributed by atoms with Crippen LogP contribution in [0.1, 0.15) is 25.7 Å². The zero-order chi connectivity index (χ0) is 10.4. The Bertz CT molecular complexity index is 178. The average Bonchev–Trinajstić information content (AvgIpc) is 2.69. The van der Waals surface area contributed by atoms with Crippen LogP contribution in [0.15, 0.2) is 0 Å². The van der Waals surface area contributed by atoms with Crippen LogP contribution in [0.25, 0.3) is 0 Å². The zero-order valence-corrected chi connectivity index (χ0v) is 10.1. The molecule has 0 aliphatic heterocycles. The molecule has 1 atom stereocenters. The minimum Gasteiger partial charge on any atom is -0.468 e. The quantitative estimate of drug-likeness (QED) is 0.564. The first-order chi connectivity index (χ1) is 6.74. The van der Waals surface area contributed by atoms with Gasteiger partial charge >= 0.3 is 5.97 Å². The molecule has 4 heteroatoms. The van der Waals surface area contributed by atoms with Gasteiger partial charge in [0.05, 0.1) is 13.7 Å². The molecule has 0 heterocycles. The third-order valence-corrected chi connectivity index (χ3v) is 3.19. The summed E-state index contributed by atoms with van der Waals surface area (Å²) in [7, 11) is 1.38. The lowest BCUT2D eigenvalue weighted by atomic mass is 10.1. The highest BCUT2D eigenvalue weighted by Crippen LogP contribution is 2.24. The van der Waals surface area contributed by atoms with Gasteiger partial charge in [-0.25, -0.2) is 0 Å². The molecule has 0 amide bonds. The molecule has 1 aliphatic rings. The zero-order valence-electron chi connectivity index (χ0n) is 8.50. The fraction of sp³-hybridized carbons (Fsp3) is 0.900. The molecule has 0 bridgehead atoms. The lowest BCUT2D eigenvalue weighted by Gasteiger charge is -2.11. The number of hydrogen-bond acceptors (Lipinski definition) is 3. The first-order valence-corrected chi connectivity index (χ1v) is 5.95. The van der Waals surface area contributed by atoms with Crippen molar-refractivity contribution < 1.29 is 14.3 Å². The fourth-order valence-corrected chi connectivity index (χ4v) is 2.08. The number of carbonyl (C=O) groups is 1. The molecule has 14 heavy (non-hydrogen) atoms. The van der Waals surface area contributed by atoms with Crippen LogP contribution in [-0.4, -0.2) is 31.1 Å². The van der Waals surface area contributed by atoms with Gasteiger partial charge in [0.25, 0.3) is 0 Å². The van der Waals surface area contributed by atoms with Crippen molar-refractivity contribution >= 4 is 21.9 Å². The maximum absolute atomic E-state index is 11.0. The molecule has 1 unspecified atom stereocenters. The van der Waals surface area contributed by atoms with E-state index in [-0.39, 0.29) is 10.8 Å². The summed E-state index contributed by atoms with van der Waals surface area (Å²) in [5, 5.41) is 0. The van der Waals surface area contributed by atoms with Gasteiger partial charge in [-0.3, -0.25) is 4.79 Å². The summed E-state index contributed by atoms with van der Waals surface area (Å²) in [6.45, 7) is 1.18. The Balaban J connectivity index is 2.05. The van der Waals surface area contributed by atoms with Gasteiger partial charge in [-0.2, -0.15) is 0 Å². The van der Waals surface area contributed by atoms with Crippen LogP contribution in [0.3, 0.4) is 0 Å². The van der Waals surface area contributed by atoms with Crippen molar-refractivity contribution in [2.75, 3.05) is 20.3 Å². The molecular weight excluding hydrogens is 248 g/mol. The van der Waals surface area contributed by atoms with Crippen molar-refractivity contribution in [3.05, 3.63) is 0 Å². The van der Waals surface area contributed by atoms with Crippen LogP contribution in [0, 0.1) is 5.92 Å². The third-order valence-electron chi connectivity index (χ3n) is 2.55. The first kappa shape index (κ1) is 12.0. The molecule has 1 rings (SSSR count). The molecular formula is C10H17BrO3. The van der Waals surface area contributed by atoms with Gasteiger partial charge in [0.2, 0.25) is 0 Å². The maximum atomic E-state index is 11.0. The van der Waals surface area contributed by atoms with Crippen molar-refractivity contribution in [2.45, 2.75) is 30.5 Å². The molecule has 82 valence electrons. The van der Waals surface area contributed by atoms with Crippen molar-refractivity contribution in [1.29, 1.82) is 0 Å². The third kappa shape index (κ3) is 3.96. The Morgan fingerprint density at radius 3 is 2.71 bits per heavy atom. The number of hydrogen-bond donors (Lipinski definition) is 0. The van der Waals surface area contributed by atoms with E-state index in [0.717, 1.165) is 6.61 Å². The summed E-state index contributed by atoms with van der Waals surface area (Å²) in [5.41, 5.74) is 0. The van der Waals surface area contributed by atoms with E-state index in [1.165, 1.54) is 32.8 Å². The molecule has 1 saturated carbocycles. The molecule has 0 spiro atoms. The van der Waals surface area contributed by atoms with Gasteiger partial charge in [-0.1, -0.05) is 28.8 Å². The highest BCUT2D eigenvalue weighted by molar-refractivity contribution is 9.10. The minimum absolute atomic E-state index is 0.267. The maximum Gasteiger partial charge on any atom is 0.321 e. The smallest absolute Gasteiger partial charge is 0.321 e. The van der Waals surface area contributed by atoms with Gasteiger partial charge in [-0.05, 0) is 18.8 Å². The predicted molar refractivity (Wildman–Crippen MR) is 57.5 cm³/mol. The first-order valence-electron chi connectivity index (χ1n) is 5.03. The number of esters is 1. The lowest BCUT2D eigenvalue weighted by Crippen LogP contribution is -2.22. The SMILES string of the molecule is COC(=O)C(Br)COCC1CCCC1. The number of rotatable bonds is 5. The van der Waals surface area contributed by atoms with Crippen LogP contribution in [0.4, 0.5) is 0 Å². The van der Waals surface area contributed by atoms with Gasteiger partial charge in [0.15, 0.2) is 0 Å². The number of ether oxygens (including phenoxy) is 2. The van der Waals surface area contributed by atoms with E-state index < -0.39 is 0 Å². The molecule has 0 aromatic carbocycles. The van der Waals surface area contributed by atoms with Crippen molar-refractivity contribution in [3.8, 4) is 0 Å². The van der Waals surface area contributed by atoms with Crippen LogP contribution < -0.4 is 0 Å². The predicted octanol–water partition coefficient (Wildman–Crippen LogP) is 2.13. The highest BCUT2D eigenvalue weighted by atomic mass is 79.9. The monoisotopic (exact) mass is 264 g/mol. The number of halogens is 1. The fourth-order valence-electron chi connectivity index (χ4n) is 1.71. The normalized spacial score (nSPS) is 19.6. The molecule has 0 saturated heterocycles. The van der Waals surface area contributed by atoms with Gasteiger partial charge < -0.3 is 9.47 Å². The van der Waals surface area contributed by atoms with E-state index in [2.05, 4.69) is 20.7 Å². The molecule has 3 nitrogen and oxygen atoms in total. The lowest BCUT2D eigenvalue weighted by molar-refractivity contribution is -0.141. The molecule has 0 aromatic heterocycles. The van der Waals surface area contributed by atoms with Crippen LogP contribution in [0.2, 0.25) is 0 Å². The highest BCUT2D eigenvalue weighted by Gasteiger charge is 2.18. The summed E-state index contributed by atoms with van der Waals surface area (Å²) < 4.78 is 10.0. The van der Waals surface area contributed by atoms with Gasteiger partial charge in [-0.15, -0.1) is 0 Å². The van der Waals surface area contributed by atoms with Gasteiger partial charge in [0, 0.05) is 6.61 Å². The number of alkyl halides is 1. The van der Waals surface area contributed by atoms with Crippen LogP contribution in [0.5, 0.6) is 0 Å². The minimum atomic E-state index is -0.325. The molecule has 1 aliphatic carbocycles. The second-order valence-electron chi connectivity index (χ2n) is 3.68. The average molecular weight is 265 g/mol. The Morgan fingerprint density at radius 1 is 1.50 bits per heavy atom. The van der Waals surface area contributed by atoms with Crippen molar-refractivity contribution in [1.82, 2.24) is 0 Å². The van der Waals surface area contributed by atoms with E-state index in [4.69, 9.17) is 4.74 Å². The summed E-state index contributed by atoms with van der Waals surface area (Å²) in [5.74, 6) is 0.434. The molecule has 0 radical (unpaired) electrons. The summed E-state index contributed by atoms with van der Waals surface area (Å²) >= 11 is 3.21. The van der Waals surface area contributed by atoms with E-state index in [9.17, 15) is 4.79 Å². The summed E-state index contributed by atoms with van der Waals surface area (Å²) in [4.78, 5) is 10.7. The van der Waals surface area contributed by atoms with E-state index in [0.29, 0.717) is 12.5 Å². The summed E-state index contributed by atoms with van der Waals surface area (Å²) in [6, 6.07) is 0. The topological polar surface area (TPSA) is 35.5 Å². The second-order valence-corrected chi connectivity index (χ2v) is 4.78. The Kier molecular flexibility index (Phi) is 5.48. The van der Waals surface area contributed by atoms with E-state index in [1.54, 1.807) is 0 Å².